The van der Waals surface area contributed by atoms with Gasteiger partial charge in [-0.25, -0.2) is 0 Å². The van der Waals surface area contributed by atoms with Crippen molar-refractivity contribution in [2.45, 2.75) is 13.3 Å². The normalized spacial score (nSPS) is 13.6. The minimum absolute atomic E-state index is 0.116. The second kappa shape index (κ2) is 3.41. The molecule has 0 atom stereocenters. The van der Waals surface area contributed by atoms with Crippen molar-refractivity contribution in [1.29, 1.82) is 0 Å². The zero-order chi connectivity index (χ0) is 11.9. The number of amides is 1. The molecular formula is C10H8N2O4. The van der Waals surface area contributed by atoms with Gasteiger partial charge in [-0.05, 0) is 12.0 Å². The van der Waals surface area contributed by atoms with E-state index in [1.165, 1.54) is 6.07 Å². The number of benzene rings is 1. The molecule has 0 unspecified atom stereocenters. The first-order chi connectivity index (χ1) is 7.56. The lowest BCUT2D eigenvalue weighted by atomic mass is 10.0. The van der Waals surface area contributed by atoms with Crippen LogP contribution in [0.4, 0.5) is 11.4 Å². The fraction of sp³-hybridized carbons (Fsp3) is 0.200. The van der Waals surface area contributed by atoms with E-state index in [4.69, 9.17) is 0 Å². The highest BCUT2D eigenvalue weighted by Gasteiger charge is 2.36. The van der Waals surface area contributed by atoms with Crippen LogP contribution in [0.25, 0.3) is 0 Å². The van der Waals surface area contributed by atoms with Crippen LogP contribution in [0, 0.1) is 10.1 Å². The van der Waals surface area contributed by atoms with Crippen molar-refractivity contribution < 1.29 is 14.5 Å². The van der Waals surface area contributed by atoms with Gasteiger partial charge in [0.25, 0.3) is 17.4 Å². The standard InChI is InChI=1S/C10H8N2O4/c1-2-5-3-4-6(12(15)16)7-8(5)11-10(14)9(7)13/h3-4H,2H2,1H3,(H,11,13,14). The van der Waals surface area contributed by atoms with Crippen LogP contribution in [-0.2, 0) is 11.2 Å². The maximum Gasteiger partial charge on any atom is 0.297 e. The molecule has 1 aliphatic rings. The molecule has 16 heavy (non-hydrogen) atoms. The molecule has 0 bridgehead atoms. The van der Waals surface area contributed by atoms with Crippen LogP contribution < -0.4 is 5.32 Å². The molecule has 82 valence electrons. The average molecular weight is 220 g/mol. The van der Waals surface area contributed by atoms with Crippen LogP contribution in [0.1, 0.15) is 22.8 Å². The Labute approximate surface area is 90.4 Å². The first kappa shape index (κ1) is 10.3. The van der Waals surface area contributed by atoms with Crippen molar-refractivity contribution >= 4 is 23.1 Å². The third-order valence-electron chi connectivity index (χ3n) is 2.52. The van der Waals surface area contributed by atoms with Gasteiger partial charge in [-0.15, -0.1) is 0 Å². The zero-order valence-corrected chi connectivity index (χ0v) is 8.44. The number of hydrogen-bond donors (Lipinski definition) is 1. The summed E-state index contributed by atoms with van der Waals surface area (Å²) < 4.78 is 0. The zero-order valence-electron chi connectivity index (χ0n) is 8.44. The highest BCUT2D eigenvalue weighted by molar-refractivity contribution is 6.52. The minimum Gasteiger partial charge on any atom is -0.318 e. The molecule has 0 radical (unpaired) electrons. The van der Waals surface area contributed by atoms with E-state index in [2.05, 4.69) is 5.32 Å². The molecule has 0 fully saturated rings. The van der Waals surface area contributed by atoms with Gasteiger partial charge in [0.2, 0.25) is 0 Å². The number of nitrogens with one attached hydrogen (secondary N) is 1. The van der Waals surface area contributed by atoms with Crippen LogP contribution in [0.15, 0.2) is 12.1 Å². The number of nitro groups is 1. The van der Waals surface area contributed by atoms with E-state index in [9.17, 15) is 19.7 Å². The number of nitrogens with zero attached hydrogens (tertiary/aromatic N) is 1. The smallest absolute Gasteiger partial charge is 0.297 e. The number of nitro benzene ring substituents is 1. The Kier molecular flexibility index (Phi) is 2.19. The first-order valence-corrected chi connectivity index (χ1v) is 4.72. The Morgan fingerprint density at radius 1 is 1.38 bits per heavy atom. The number of carbonyl (C=O) groups is 2. The maximum absolute atomic E-state index is 11.5. The fourth-order valence-electron chi connectivity index (χ4n) is 1.74. The summed E-state index contributed by atoms with van der Waals surface area (Å²) in [4.78, 5) is 32.7. The SMILES string of the molecule is CCc1ccc([N+](=O)[O-])c2c1NC(=O)C2=O. The molecule has 1 N–H and O–H groups in total. The second-order valence-electron chi connectivity index (χ2n) is 3.39. The summed E-state index contributed by atoms with van der Waals surface area (Å²) in [5.41, 5.74) is 0.566. The van der Waals surface area contributed by atoms with Gasteiger partial charge < -0.3 is 5.32 Å². The van der Waals surface area contributed by atoms with Gasteiger partial charge in [0.1, 0.15) is 5.56 Å². The molecule has 0 saturated heterocycles. The molecule has 0 aromatic heterocycles. The predicted molar refractivity (Wildman–Crippen MR) is 55.4 cm³/mol. The van der Waals surface area contributed by atoms with Gasteiger partial charge in [0, 0.05) is 6.07 Å². The van der Waals surface area contributed by atoms with Crippen molar-refractivity contribution in [3.63, 3.8) is 0 Å². The maximum atomic E-state index is 11.5. The number of anilines is 1. The molecule has 0 spiro atoms. The third-order valence-corrected chi connectivity index (χ3v) is 2.52. The van der Waals surface area contributed by atoms with E-state index in [-0.39, 0.29) is 16.9 Å². The summed E-state index contributed by atoms with van der Waals surface area (Å²) in [5.74, 6) is -1.64. The van der Waals surface area contributed by atoms with Gasteiger partial charge >= 0.3 is 0 Å². The summed E-state index contributed by atoms with van der Waals surface area (Å²) >= 11 is 0. The molecular weight excluding hydrogens is 212 g/mol. The van der Waals surface area contributed by atoms with E-state index in [0.29, 0.717) is 6.42 Å². The van der Waals surface area contributed by atoms with Crippen LogP contribution in [0.5, 0.6) is 0 Å². The monoisotopic (exact) mass is 220 g/mol. The number of Topliss-reactive ketones (excluding diaryl/α,β-unsaturated/α-hetero) is 1. The molecule has 1 aliphatic heterocycles. The summed E-state index contributed by atoms with van der Waals surface area (Å²) in [7, 11) is 0. The quantitative estimate of drug-likeness (QED) is 0.462. The molecule has 1 aromatic rings. The van der Waals surface area contributed by atoms with Crippen molar-refractivity contribution in [3.8, 4) is 0 Å². The molecule has 1 aromatic carbocycles. The molecule has 1 heterocycles. The van der Waals surface area contributed by atoms with Crippen molar-refractivity contribution in [1.82, 2.24) is 0 Å². The number of rotatable bonds is 2. The van der Waals surface area contributed by atoms with Crippen LogP contribution in [0.2, 0.25) is 0 Å². The fourth-order valence-corrected chi connectivity index (χ4v) is 1.74. The molecule has 6 nitrogen and oxygen atoms in total. The Bertz CT molecular complexity index is 522. The number of carbonyl (C=O) groups excluding carboxylic acids is 2. The van der Waals surface area contributed by atoms with Gasteiger partial charge in [-0.1, -0.05) is 13.0 Å². The Balaban J connectivity index is 2.74. The highest BCUT2D eigenvalue weighted by Crippen LogP contribution is 2.34. The lowest BCUT2D eigenvalue weighted by Gasteiger charge is -2.04. The summed E-state index contributed by atoms with van der Waals surface area (Å²) in [6.45, 7) is 1.84. The van der Waals surface area contributed by atoms with E-state index in [1.807, 2.05) is 6.92 Å². The number of fused-ring (bicyclic) bond motifs is 1. The number of hydrogen-bond acceptors (Lipinski definition) is 4. The largest absolute Gasteiger partial charge is 0.318 e. The minimum atomic E-state index is -0.836. The second-order valence-corrected chi connectivity index (χ2v) is 3.39. The van der Waals surface area contributed by atoms with E-state index in [0.717, 1.165) is 5.56 Å². The number of aryl methyl sites for hydroxylation is 1. The van der Waals surface area contributed by atoms with Gasteiger partial charge in [-0.2, -0.15) is 0 Å². The highest BCUT2D eigenvalue weighted by atomic mass is 16.6. The lowest BCUT2D eigenvalue weighted by molar-refractivity contribution is -0.385. The van der Waals surface area contributed by atoms with Crippen LogP contribution >= 0.6 is 0 Å². The van der Waals surface area contributed by atoms with E-state index in [1.54, 1.807) is 6.07 Å². The first-order valence-electron chi connectivity index (χ1n) is 4.72. The molecule has 0 saturated carbocycles. The Morgan fingerprint density at radius 3 is 2.62 bits per heavy atom. The Morgan fingerprint density at radius 2 is 2.06 bits per heavy atom. The summed E-state index contributed by atoms with van der Waals surface area (Å²) in [6, 6.07) is 2.81. The molecule has 2 rings (SSSR count). The van der Waals surface area contributed by atoms with Crippen LogP contribution in [-0.4, -0.2) is 16.6 Å². The Hall–Kier alpha value is -2.24. The van der Waals surface area contributed by atoms with E-state index >= 15 is 0 Å². The predicted octanol–water partition coefficient (Wildman–Crippen LogP) is 1.29. The summed E-state index contributed by atoms with van der Waals surface area (Å²) in [5, 5.41) is 13.1. The van der Waals surface area contributed by atoms with Crippen molar-refractivity contribution in [2.75, 3.05) is 5.32 Å². The van der Waals surface area contributed by atoms with Crippen molar-refractivity contribution in [2.24, 2.45) is 0 Å². The molecule has 6 heteroatoms. The van der Waals surface area contributed by atoms with Crippen molar-refractivity contribution in [3.05, 3.63) is 33.4 Å². The number of ketones is 1. The van der Waals surface area contributed by atoms with E-state index < -0.39 is 16.6 Å². The van der Waals surface area contributed by atoms with Gasteiger partial charge in [0.15, 0.2) is 0 Å². The lowest BCUT2D eigenvalue weighted by Crippen LogP contribution is -2.13. The topological polar surface area (TPSA) is 89.3 Å². The molecule has 0 aliphatic carbocycles. The summed E-state index contributed by atoms with van der Waals surface area (Å²) in [6.07, 6.45) is 0.591. The van der Waals surface area contributed by atoms with Gasteiger partial charge in [-0.3, -0.25) is 19.7 Å². The van der Waals surface area contributed by atoms with Gasteiger partial charge in [0.05, 0.1) is 10.6 Å². The third kappa shape index (κ3) is 1.27. The average Bonchev–Trinajstić information content (AvgIpc) is 2.54. The van der Waals surface area contributed by atoms with Crippen LogP contribution in [0.3, 0.4) is 0 Å². The molecule has 1 amide bonds.